The highest BCUT2D eigenvalue weighted by Gasteiger charge is 2.17. The normalized spacial score (nSPS) is 11.3. The Kier molecular flexibility index (Phi) is 11.3. The van der Waals surface area contributed by atoms with Crippen LogP contribution in [0.3, 0.4) is 0 Å². The van der Waals surface area contributed by atoms with E-state index < -0.39 is 0 Å². The third kappa shape index (κ3) is 8.38. The molecule has 0 radical (unpaired) electrons. The zero-order valence-corrected chi connectivity index (χ0v) is 17.8. The standard InChI is InChI=1S/C24H40O2/c1-6-7-8-9-10-11-12-13-14-18-23(25)26-24-21(19(2)3)16-15-17-22(24)20(4)5/h15-17,19-20H,6-14,18H2,1-5H3. The van der Waals surface area contributed by atoms with Crippen molar-refractivity contribution in [2.75, 3.05) is 0 Å². The molecule has 0 fully saturated rings. The molecule has 2 nitrogen and oxygen atoms in total. The fourth-order valence-corrected chi connectivity index (χ4v) is 3.35. The van der Waals surface area contributed by atoms with Gasteiger partial charge < -0.3 is 4.74 Å². The summed E-state index contributed by atoms with van der Waals surface area (Å²) in [5, 5.41) is 0. The van der Waals surface area contributed by atoms with Crippen molar-refractivity contribution in [1.82, 2.24) is 0 Å². The Bertz CT molecular complexity index is 491. The van der Waals surface area contributed by atoms with E-state index in [0.717, 1.165) is 29.7 Å². The number of ether oxygens (including phenoxy) is 1. The molecule has 1 aromatic rings. The van der Waals surface area contributed by atoms with Crippen LogP contribution in [0.25, 0.3) is 0 Å². The first-order chi connectivity index (χ1) is 12.5. The Morgan fingerprint density at radius 3 is 1.73 bits per heavy atom. The van der Waals surface area contributed by atoms with E-state index in [9.17, 15) is 4.79 Å². The van der Waals surface area contributed by atoms with Crippen LogP contribution in [-0.2, 0) is 4.79 Å². The minimum absolute atomic E-state index is 0.0806. The van der Waals surface area contributed by atoms with Gasteiger partial charge in [-0.25, -0.2) is 0 Å². The number of carbonyl (C=O) groups excluding carboxylic acids is 1. The van der Waals surface area contributed by atoms with Crippen molar-refractivity contribution in [2.45, 2.75) is 111 Å². The van der Waals surface area contributed by atoms with Crippen LogP contribution in [0.15, 0.2) is 18.2 Å². The summed E-state index contributed by atoms with van der Waals surface area (Å²) in [6.07, 6.45) is 11.9. The lowest BCUT2D eigenvalue weighted by Crippen LogP contribution is -2.12. The Labute approximate surface area is 161 Å². The van der Waals surface area contributed by atoms with E-state index in [2.05, 4.69) is 52.8 Å². The van der Waals surface area contributed by atoms with Crippen LogP contribution in [0, 0.1) is 0 Å². The second kappa shape index (κ2) is 12.9. The number of rotatable bonds is 13. The molecule has 0 atom stereocenters. The number of benzene rings is 1. The predicted octanol–water partition coefficient (Wildman–Crippen LogP) is 7.76. The van der Waals surface area contributed by atoms with Crippen molar-refractivity contribution in [3.05, 3.63) is 29.3 Å². The van der Waals surface area contributed by atoms with Crippen LogP contribution in [-0.4, -0.2) is 5.97 Å². The van der Waals surface area contributed by atoms with E-state index in [-0.39, 0.29) is 5.97 Å². The van der Waals surface area contributed by atoms with Crippen LogP contribution < -0.4 is 4.74 Å². The van der Waals surface area contributed by atoms with Crippen molar-refractivity contribution in [3.63, 3.8) is 0 Å². The monoisotopic (exact) mass is 360 g/mol. The lowest BCUT2D eigenvalue weighted by atomic mass is 9.94. The second-order valence-electron chi connectivity index (χ2n) is 8.13. The van der Waals surface area contributed by atoms with Gasteiger partial charge in [-0.2, -0.15) is 0 Å². The first-order valence-corrected chi connectivity index (χ1v) is 10.8. The van der Waals surface area contributed by atoms with E-state index in [1.165, 1.54) is 44.9 Å². The summed E-state index contributed by atoms with van der Waals surface area (Å²) < 4.78 is 5.83. The summed E-state index contributed by atoms with van der Waals surface area (Å²) in [6.45, 7) is 10.9. The van der Waals surface area contributed by atoms with Gasteiger partial charge in [-0.3, -0.25) is 4.79 Å². The molecule has 0 amide bonds. The van der Waals surface area contributed by atoms with E-state index in [1.807, 2.05) is 0 Å². The van der Waals surface area contributed by atoms with Crippen molar-refractivity contribution in [1.29, 1.82) is 0 Å². The van der Waals surface area contributed by atoms with Gasteiger partial charge in [-0.1, -0.05) is 104 Å². The minimum Gasteiger partial charge on any atom is -0.426 e. The highest BCUT2D eigenvalue weighted by atomic mass is 16.5. The Hall–Kier alpha value is -1.31. The van der Waals surface area contributed by atoms with Gasteiger partial charge >= 0.3 is 5.97 Å². The van der Waals surface area contributed by atoms with E-state index in [1.54, 1.807) is 0 Å². The minimum atomic E-state index is -0.0806. The average Bonchev–Trinajstić information content (AvgIpc) is 2.60. The molecule has 1 rings (SSSR count). The zero-order chi connectivity index (χ0) is 19.4. The number of hydrogen-bond donors (Lipinski definition) is 0. The van der Waals surface area contributed by atoms with Crippen molar-refractivity contribution in [3.8, 4) is 5.75 Å². The Balaban J connectivity index is 2.39. The van der Waals surface area contributed by atoms with Gasteiger partial charge in [0, 0.05) is 6.42 Å². The van der Waals surface area contributed by atoms with Gasteiger partial charge in [0.2, 0.25) is 0 Å². The maximum Gasteiger partial charge on any atom is 0.311 e. The highest BCUT2D eigenvalue weighted by molar-refractivity contribution is 5.73. The average molecular weight is 361 g/mol. The lowest BCUT2D eigenvalue weighted by Gasteiger charge is -2.18. The van der Waals surface area contributed by atoms with Crippen molar-refractivity contribution < 1.29 is 9.53 Å². The van der Waals surface area contributed by atoms with E-state index in [4.69, 9.17) is 4.74 Å². The lowest BCUT2D eigenvalue weighted by molar-refractivity contribution is -0.134. The topological polar surface area (TPSA) is 26.3 Å². The molecule has 2 heteroatoms. The fraction of sp³-hybridized carbons (Fsp3) is 0.708. The number of para-hydroxylation sites is 1. The molecule has 0 aliphatic rings. The van der Waals surface area contributed by atoms with Gasteiger partial charge in [0.05, 0.1) is 0 Å². The third-order valence-electron chi connectivity index (χ3n) is 5.02. The molecule has 0 spiro atoms. The summed E-state index contributed by atoms with van der Waals surface area (Å²) in [4.78, 5) is 12.3. The SMILES string of the molecule is CCCCCCCCCCCC(=O)Oc1c(C(C)C)cccc1C(C)C. The second-order valence-corrected chi connectivity index (χ2v) is 8.13. The smallest absolute Gasteiger partial charge is 0.311 e. The van der Waals surface area contributed by atoms with Gasteiger partial charge in [0.15, 0.2) is 0 Å². The molecule has 1 aromatic carbocycles. The number of esters is 1. The molecular formula is C24H40O2. The van der Waals surface area contributed by atoms with Crippen LogP contribution >= 0.6 is 0 Å². The van der Waals surface area contributed by atoms with Gasteiger partial charge in [0.25, 0.3) is 0 Å². The zero-order valence-electron chi connectivity index (χ0n) is 17.8. The maximum atomic E-state index is 12.3. The van der Waals surface area contributed by atoms with Crippen LogP contribution in [0.5, 0.6) is 5.75 Å². The largest absolute Gasteiger partial charge is 0.426 e. The molecule has 0 saturated heterocycles. The van der Waals surface area contributed by atoms with Crippen LogP contribution in [0.2, 0.25) is 0 Å². The molecule has 0 aliphatic heterocycles. The third-order valence-corrected chi connectivity index (χ3v) is 5.02. The molecule has 148 valence electrons. The summed E-state index contributed by atoms with van der Waals surface area (Å²) in [6, 6.07) is 6.23. The summed E-state index contributed by atoms with van der Waals surface area (Å²) in [5.41, 5.74) is 2.27. The maximum absolute atomic E-state index is 12.3. The predicted molar refractivity (Wildman–Crippen MR) is 112 cm³/mol. The Morgan fingerprint density at radius 2 is 1.27 bits per heavy atom. The van der Waals surface area contributed by atoms with Crippen molar-refractivity contribution >= 4 is 5.97 Å². The molecule has 26 heavy (non-hydrogen) atoms. The van der Waals surface area contributed by atoms with Crippen molar-refractivity contribution in [2.24, 2.45) is 0 Å². The highest BCUT2D eigenvalue weighted by Crippen LogP contribution is 2.34. The molecule has 0 aliphatic carbocycles. The number of carbonyl (C=O) groups is 1. The van der Waals surface area contributed by atoms with Gasteiger partial charge in [-0.15, -0.1) is 0 Å². The molecule has 0 unspecified atom stereocenters. The fourth-order valence-electron chi connectivity index (χ4n) is 3.35. The Morgan fingerprint density at radius 1 is 0.808 bits per heavy atom. The molecule has 0 heterocycles. The first kappa shape index (κ1) is 22.7. The van der Waals surface area contributed by atoms with E-state index >= 15 is 0 Å². The summed E-state index contributed by atoms with van der Waals surface area (Å²) in [7, 11) is 0. The number of unbranched alkanes of at least 4 members (excludes halogenated alkanes) is 8. The van der Waals surface area contributed by atoms with Crippen LogP contribution in [0.4, 0.5) is 0 Å². The summed E-state index contributed by atoms with van der Waals surface area (Å²) >= 11 is 0. The molecule has 0 N–H and O–H groups in total. The van der Waals surface area contributed by atoms with Crippen LogP contribution in [0.1, 0.15) is 122 Å². The summed E-state index contributed by atoms with van der Waals surface area (Å²) in [5.74, 6) is 1.43. The quantitative estimate of drug-likeness (QED) is 0.204. The molecule has 0 bridgehead atoms. The molecule has 0 aromatic heterocycles. The number of hydrogen-bond acceptors (Lipinski definition) is 2. The van der Waals surface area contributed by atoms with Gasteiger partial charge in [-0.05, 0) is 29.4 Å². The molecular weight excluding hydrogens is 320 g/mol. The van der Waals surface area contributed by atoms with E-state index in [0.29, 0.717) is 18.3 Å². The first-order valence-electron chi connectivity index (χ1n) is 10.8. The molecule has 0 saturated carbocycles. The van der Waals surface area contributed by atoms with Gasteiger partial charge in [0.1, 0.15) is 5.75 Å².